The molecule has 60 valence electrons. The lowest BCUT2D eigenvalue weighted by Gasteiger charge is -2.23. The molecule has 0 aromatic heterocycles. The molecular weight excluding hydrogens is 124 g/mol. The van der Waals surface area contributed by atoms with Gasteiger partial charge in [0.05, 0.1) is 0 Å². The lowest BCUT2D eigenvalue weighted by Crippen LogP contribution is -2.23. The molecule has 0 saturated heterocycles. The summed E-state index contributed by atoms with van der Waals surface area (Å²) in [6.45, 7) is 7.95. The highest BCUT2D eigenvalue weighted by Gasteiger charge is 2.25. The normalized spacial score (nSPS) is 16.4. The van der Waals surface area contributed by atoms with Gasteiger partial charge in [0.25, 0.3) is 0 Å². The van der Waals surface area contributed by atoms with Crippen molar-refractivity contribution >= 4 is 5.78 Å². The number of carbonyl (C=O) groups excluding carboxylic acids is 1. The molecule has 0 amide bonds. The molecule has 1 heteroatoms. The Morgan fingerprint density at radius 2 is 1.90 bits per heavy atom. The van der Waals surface area contributed by atoms with Crippen LogP contribution < -0.4 is 0 Å². The third-order valence-corrected chi connectivity index (χ3v) is 2.43. The topological polar surface area (TPSA) is 17.1 Å². The van der Waals surface area contributed by atoms with Crippen LogP contribution in [0.4, 0.5) is 0 Å². The largest absolute Gasteiger partial charge is 0.299 e. The molecule has 0 spiro atoms. The van der Waals surface area contributed by atoms with Gasteiger partial charge in [-0.1, -0.05) is 27.2 Å². The highest BCUT2D eigenvalue weighted by atomic mass is 16.1. The first-order valence-electron chi connectivity index (χ1n) is 4.08. The minimum Gasteiger partial charge on any atom is -0.299 e. The van der Waals surface area contributed by atoms with Crippen molar-refractivity contribution < 1.29 is 4.79 Å². The fourth-order valence-electron chi connectivity index (χ4n) is 1.15. The second-order valence-electron chi connectivity index (χ2n) is 3.22. The third-order valence-electron chi connectivity index (χ3n) is 2.43. The fraction of sp³-hybridized carbons (Fsp3) is 0.889. The first kappa shape index (κ1) is 9.67. The zero-order valence-corrected chi connectivity index (χ0v) is 7.53. The lowest BCUT2D eigenvalue weighted by molar-refractivity contribution is -0.126. The molecule has 0 aliphatic heterocycles. The standard InChI is InChI=1S/C9H18O/c1-5-7-9(4,6-2)8(3)10/h5-7H2,1-4H3. The maximum atomic E-state index is 11.1. The molecule has 10 heavy (non-hydrogen) atoms. The summed E-state index contributed by atoms with van der Waals surface area (Å²) in [5.74, 6) is 0.330. The summed E-state index contributed by atoms with van der Waals surface area (Å²) in [5.41, 5.74) is -0.0469. The van der Waals surface area contributed by atoms with Gasteiger partial charge < -0.3 is 0 Å². The SMILES string of the molecule is CCCC(C)(CC)C(C)=O. The van der Waals surface area contributed by atoms with E-state index in [9.17, 15) is 4.79 Å². The van der Waals surface area contributed by atoms with Gasteiger partial charge in [-0.25, -0.2) is 0 Å². The summed E-state index contributed by atoms with van der Waals surface area (Å²) in [4.78, 5) is 11.1. The molecule has 0 aromatic rings. The van der Waals surface area contributed by atoms with Gasteiger partial charge in [-0.15, -0.1) is 0 Å². The number of hydrogen-bond donors (Lipinski definition) is 0. The van der Waals surface area contributed by atoms with Crippen molar-refractivity contribution in [1.29, 1.82) is 0 Å². The molecule has 0 fully saturated rings. The van der Waals surface area contributed by atoms with Crippen molar-refractivity contribution in [2.24, 2.45) is 5.41 Å². The average molecular weight is 142 g/mol. The summed E-state index contributed by atoms with van der Waals surface area (Å²) in [5, 5.41) is 0. The Bertz CT molecular complexity index is 118. The zero-order valence-electron chi connectivity index (χ0n) is 7.53. The number of hydrogen-bond acceptors (Lipinski definition) is 1. The Morgan fingerprint density at radius 3 is 2.00 bits per heavy atom. The van der Waals surface area contributed by atoms with E-state index < -0.39 is 0 Å². The molecular formula is C9H18O. The molecule has 0 radical (unpaired) electrons. The van der Waals surface area contributed by atoms with E-state index in [1.54, 1.807) is 6.92 Å². The van der Waals surface area contributed by atoms with Crippen molar-refractivity contribution in [3.05, 3.63) is 0 Å². The summed E-state index contributed by atoms with van der Waals surface area (Å²) >= 11 is 0. The van der Waals surface area contributed by atoms with Crippen molar-refractivity contribution in [3.8, 4) is 0 Å². The highest BCUT2D eigenvalue weighted by Crippen LogP contribution is 2.27. The quantitative estimate of drug-likeness (QED) is 0.590. The second kappa shape index (κ2) is 3.75. The summed E-state index contributed by atoms with van der Waals surface area (Å²) in [6.07, 6.45) is 3.10. The predicted molar refractivity (Wildman–Crippen MR) is 44.0 cm³/mol. The van der Waals surface area contributed by atoms with Gasteiger partial charge >= 0.3 is 0 Å². The van der Waals surface area contributed by atoms with Crippen molar-refractivity contribution in [1.82, 2.24) is 0 Å². The maximum Gasteiger partial charge on any atom is 0.135 e. The molecule has 0 heterocycles. The molecule has 0 aliphatic rings. The Hall–Kier alpha value is -0.330. The Balaban J connectivity index is 4.08. The molecule has 0 rings (SSSR count). The highest BCUT2D eigenvalue weighted by molar-refractivity contribution is 5.81. The van der Waals surface area contributed by atoms with E-state index in [4.69, 9.17) is 0 Å². The first-order valence-corrected chi connectivity index (χ1v) is 4.08. The van der Waals surface area contributed by atoms with Gasteiger partial charge in [0.2, 0.25) is 0 Å². The van der Waals surface area contributed by atoms with Gasteiger partial charge in [0.1, 0.15) is 5.78 Å². The van der Waals surface area contributed by atoms with Crippen molar-refractivity contribution in [3.63, 3.8) is 0 Å². The molecule has 1 nitrogen and oxygen atoms in total. The van der Waals surface area contributed by atoms with Gasteiger partial charge in [-0.2, -0.15) is 0 Å². The van der Waals surface area contributed by atoms with Crippen LogP contribution in [0.5, 0.6) is 0 Å². The third kappa shape index (κ3) is 2.13. The average Bonchev–Trinajstić information content (AvgIpc) is 1.88. The lowest BCUT2D eigenvalue weighted by atomic mass is 9.80. The van der Waals surface area contributed by atoms with E-state index in [2.05, 4.69) is 20.8 Å². The smallest absolute Gasteiger partial charge is 0.135 e. The number of rotatable bonds is 4. The molecule has 1 unspecified atom stereocenters. The first-order chi connectivity index (χ1) is 4.56. The monoisotopic (exact) mass is 142 g/mol. The van der Waals surface area contributed by atoms with Gasteiger partial charge in [-0.3, -0.25) is 4.79 Å². The van der Waals surface area contributed by atoms with Crippen LogP contribution in [-0.2, 0) is 4.79 Å². The number of carbonyl (C=O) groups is 1. The minimum atomic E-state index is -0.0469. The zero-order chi connectivity index (χ0) is 8.20. The van der Waals surface area contributed by atoms with E-state index >= 15 is 0 Å². The van der Waals surface area contributed by atoms with Crippen LogP contribution >= 0.6 is 0 Å². The molecule has 0 bridgehead atoms. The van der Waals surface area contributed by atoms with Crippen LogP contribution in [0.3, 0.4) is 0 Å². The Kier molecular flexibility index (Phi) is 3.62. The van der Waals surface area contributed by atoms with Crippen LogP contribution in [0.2, 0.25) is 0 Å². The van der Waals surface area contributed by atoms with Crippen LogP contribution in [0.1, 0.15) is 47.0 Å². The van der Waals surface area contributed by atoms with E-state index in [1.165, 1.54) is 0 Å². The van der Waals surface area contributed by atoms with Crippen molar-refractivity contribution in [2.75, 3.05) is 0 Å². The Labute approximate surface area is 63.8 Å². The Morgan fingerprint density at radius 1 is 1.40 bits per heavy atom. The molecule has 0 saturated carbocycles. The summed E-state index contributed by atoms with van der Waals surface area (Å²) < 4.78 is 0. The van der Waals surface area contributed by atoms with Gasteiger partial charge in [0, 0.05) is 5.41 Å². The van der Waals surface area contributed by atoms with E-state index in [-0.39, 0.29) is 5.41 Å². The maximum absolute atomic E-state index is 11.1. The van der Waals surface area contributed by atoms with Crippen LogP contribution in [0, 0.1) is 5.41 Å². The number of Topliss-reactive ketones (excluding diaryl/α,β-unsaturated/α-hetero) is 1. The molecule has 1 atom stereocenters. The summed E-state index contributed by atoms with van der Waals surface area (Å²) in [7, 11) is 0. The molecule has 0 N–H and O–H groups in total. The van der Waals surface area contributed by atoms with E-state index in [0.29, 0.717) is 5.78 Å². The van der Waals surface area contributed by atoms with Gasteiger partial charge in [-0.05, 0) is 19.8 Å². The molecule has 0 aliphatic carbocycles. The van der Waals surface area contributed by atoms with Crippen LogP contribution in [0.15, 0.2) is 0 Å². The predicted octanol–water partition coefficient (Wildman–Crippen LogP) is 2.79. The van der Waals surface area contributed by atoms with E-state index in [0.717, 1.165) is 19.3 Å². The second-order valence-corrected chi connectivity index (χ2v) is 3.22. The number of ketones is 1. The summed E-state index contributed by atoms with van der Waals surface area (Å²) in [6, 6.07) is 0. The minimum absolute atomic E-state index is 0.0469. The molecule has 0 aromatic carbocycles. The van der Waals surface area contributed by atoms with Crippen LogP contribution in [0.25, 0.3) is 0 Å². The fourth-order valence-corrected chi connectivity index (χ4v) is 1.15. The van der Waals surface area contributed by atoms with Gasteiger partial charge in [0.15, 0.2) is 0 Å². The van der Waals surface area contributed by atoms with Crippen LogP contribution in [-0.4, -0.2) is 5.78 Å². The van der Waals surface area contributed by atoms with E-state index in [1.807, 2.05) is 0 Å². The van der Waals surface area contributed by atoms with Crippen molar-refractivity contribution in [2.45, 2.75) is 47.0 Å².